The summed E-state index contributed by atoms with van der Waals surface area (Å²) in [5.41, 5.74) is 1.80. The molecule has 1 aromatic heterocycles. The van der Waals surface area contributed by atoms with E-state index in [0.717, 1.165) is 39.1 Å². The third kappa shape index (κ3) is 3.12. The molecule has 1 N–H and O–H groups in total. The fourth-order valence-electron chi connectivity index (χ4n) is 7.68. The molecule has 0 amide bonds. The third-order valence-corrected chi connectivity index (χ3v) is 9.44. The van der Waals surface area contributed by atoms with Crippen LogP contribution in [0.15, 0.2) is 24.5 Å². The number of pyridine rings is 1. The van der Waals surface area contributed by atoms with Crippen LogP contribution in [0.2, 0.25) is 0 Å². The molecule has 3 saturated heterocycles. The van der Waals surface area contributed by atoms with Crippen molar-refractivity contribution in [3.05, 3.63) is 30.1 Å². The van der Waals surface area contributed by atoms with Crippen molar-refractivity contribution in [1.82, 2.24) is 4.98 Å². The van der Waals surface area contributed by atoms with Gasteiger partial charge in [0.05, 0.1) is 31.8 Å². The van der Waals surface area contributed by atoms with Crippen LogP contribution in [0.25, 0.3) is 0 Å². The summed E-state index contributed by atoms with van der Waals surface area (Å²) in [4.78, 5) is 18.8. The number of carbonyl (C=O) groups excluding carboxylic acids is 1. The zero-order valence-electron chi connectivity index (χ0n) is 18.1. The van der Waals surface area contributed by atoms with E-state index < -0.39 is 0 Å². The topological polar surface area (TPSA) is 56.2 Å². The van der Waals surface area contributed by atoms with Gasteiger partial charge in [0.1, 0.15) is 12.0 Å². The number of hydrogen-bond acceptors (Lipinski definition) is 4. The van der Waals surface area contributed by atoms with E-state index in [1.54, 1.807) is 4.90 Å². The highest BCUT2D eigenvalue weighted by molar-refractivity contribution is 5.75. The Morgan fingerprint density at radius 2 is 2.10 bits per heavy atom. The van der Waals surface area contributed by atoms with Crippen molar-refractivity contribution in [1.29, 1.82) is 0 Å². The Morgan fingerprint density at radius 1 is 1.27 bits per heavy atom. The van der Waals surface area contributed by atoms with E-state index in [0.29, 0.717) is 23.2 Å². The average Bonchev–Trinajstić information content (AvgIpc) is 3.46. The van der Waals surface area contributed by atoms with Crippen LogP contribution >= 0.6 is 0 Å². The van der Waals surface area contributed by atoms with Gasteiger partial charge < -0.3 is 14.4 Å². The molecule has 0 aromatic carbocycles. The number of ether oxygens (including phenoxy) is 2. The largest absolute Gasteiger partial charge is 0.462 e. The second-order valence-corrected chi connectivity index (χ2v) is 11.1. The second kappa shape index (κ2) is 7.03. The van der Waals surface area contributed by atoms with Crippen molar-refractivity contribution >= 4 is 5.97 Å². The SMILES string of the molecule is C[C@]12CCC[C@]3(CO3)[C@@H]1C[C@H]1[C@@H](C2)OC(=O)[C@@H]1C[NH+]1CCC(c2cccnc2)CC1. The van der Waals surface area contributed by atoms with Crippen LogP contribution in [-0.4, -0.2) is 48.9 Å². The van der Waals surface area contributed by atoms with Crippen molar-refractivity contribution in [3.63, 3.8) is 0 Å². The summed E-state index contributed by atoms with van der Waals surface area (Å²) in [6.45, 7) is 6.63. The fraction of sp³-hybridized carbons (Fsp3) is 0.760. The molecule has 6 rings (SSSR count). The highest BCUT2D eigenvalue weighted by Crippen LogP contribution is 2.62. The molecule has 0 radical (unpaired) electrons. The minimum atomic E-state index is 0.0832. The van der Waals surface area contributed by atoms with E-state index in [-0.39, 0.29) is 23.6 Å². The number of hydrogen-bond donors (Lipinski definition) is 1. The average molecular weight is 412 g/mol. The number of piperidine rings is 1. The maximum Gasteiger partial charge on any atom is 0.315 e. The fourth-order valence-corrected chi connectivity index (χ4v) is 7.68. The Bertz CT molecular complexity index is 802. The van der Waals surface area contributed by atoms with Gasteiger partial charge in [0.2, 0.25) is 0 Å². The molecule has 3 aliphatic heterocycles. The summed E-state index contributed by atoms with van der Waals surface area (Å²) in [6, 6.07) is 4.25. The van der Waals surface area contributed by atoms with Gasteiger partial charge >= 0.3 is 5.97 Å². The van der Waals surface area contributed by atoms with Crippen LogP contribution in [0, 0.1) is 23.2 Å². The smallest absolute Gasteiger partial charge is 0.315 e. The van der Waals surface area contributed by atoms with E-state index in [9.17, 15) is 4.79 Å². The van der Waals surface area contributed by atoms with Gasteiger partial charge in [-0.15, -0.1) is 0 Å². The van der Waals surface area contributed by atoms with Crippen LogP contribution in [-0.2, 0) is 14.3 Å². The summed E-state index contributed by atoms with van der Waals surface area (Å²) >= 11 is 0. The van der Waals surface area contributed by atoms with Crippen LogP contribution in [0.5, 0.6) is 0 Å². The molecule has 2 aliphatic carbocycles. The number of fused-ring (bicyclic) bond motifs is 3. The van der Waals surface area contributed by atoms with Gasteiger partial charge in [-0.05, 0) is 61.0 Å². The van der Waals surface area contributed by atoms with Crippen LogP contribution in [0.4, 0.5) is 0 Å². The molecule has 6 atom stereocenters. The first-order valence-electron chi connectivity index (χ1n) is 12.1. The predicted molar refractivity (Wildman–Crippen MR) is 112 cm³/mol. The summed E-state index contributed by atoms with van der Waals surface area (Å²) in [5.74, 6) is 1.80. The minimum Gasteiger partial charge on any atom is -0.462 e. The van der Waals surface area contributed by atoms with Crippen molar-refractivity contribution in [2.45, 2.75) is 69.5 Å². The lowest BCUT2D eigenvalue weighted by molar-refractivity contribution is -0.908. The Kier molecular flexibility index (Phi) is 4.51. The van der Waals surface area contributed by atoms with Crippen molar-refractivity contribution < 1.29 is 19.2 Å². The van der Waals surface area contributed by atoms with E-state index >= 15 is 0 Å². The van der Waals surface area contributed by atoms with E-state index in [2.05, 4.69) is 18.0 Å². The summed E-state index contributed by atoms with van der Waals surface area (Å²) in [6.07, 6.45) is 12.3. The standard InChI is InChI=1S/C25H34N2O3/c1-24-7-3-8-25(16-29-25)22(24)12-19-20(23(28)30-21(19)13-24)15-27-10-5-17(6-11-27)18-4-2-9-26-14-18/h2,4,9,14,17,19-22H,3,5-8,10-13,15-16H2,1H3/p+1/t19-,20-,21-,22-,24-,25+/m1/s1. The van der Waals surface area contributed by atoms with E-state index in [4.69, 9.17) is 9.47 Å². The molecule has 30 heavy (non-hydrogen) atoms. The lowest BCUT2D eigenvalue weighted by Crippen LogP contribution is -3.13. The Morgan fingerprint density at radius 3 is 2.83 bits per heavy atom. The molecule has 5 heteroatoms. The zero-order valence-corrected chi connectivity index (χ0v) is 18.1. The van der Waals surface area contributed by atoms with Gasteiger partial charge in [-0.3, -0.25) is 9.78 Å². The lowest BCUT2D eigenvalue weighted by atomic mass is 9.53. The van der Waals surface area contributed by atoms with Crippen LogP contribution in [0.3, 0.4) is 0 Å². The monoisotopic (exact) mass is 411 g/mol. The summed E-state index contributed by atoms with van der Waals surface area (Å²) < 4.78 is 12.1. The molecule has 1 aromatic rings. The molecule has 0 unspecified atom stereocenters. The van der Waals surface area contributed by atoms with Crippen molar-refractivity contribution in [2.75, 3.05) is 26.2 Å². The number of quaternary nitrogens is 1. The number of nitrogens with zero attached hydrogens (tertiary/aromatic N) is 1. The third-order valence-electron chi connectivity index (χ3n) is 9.44. The minimum absolute atomic E-state index is 0.0832. The number of esters is 1. The molecule has 4 heterocycles. The number of rotatable bonds is 3. The Balaban J connectivity index is 1.12. The Hall–Kier alpha value is -1.46. The van der Waals surface area contributed by atoms with Gasteiger partial charge in [0, 0.05) is 31.2 Å². The summed E-state index contributed by atoms with van der Waals surface area (Å²) in [7, 11) is 0. The van der Waals surface area contributed by atoms with E-state index in [1.807, 2.05) is 18.5 Å². The zero-order chi connectivity index (χ0) is 20.3. The van der Waals surface area contributed by atoms with Crippen molar-refractivity contribution in [2.24, 2.45) is 23.2 Å². The quantitative estimate of drug-likeness (QED) is 0.613. The predicted octanol–water partition coefficient (Wildman–Crippen LogP) is 2.37. The van der Waals surface area contributed by atoms with Gasteiger partial charge in [0.15, 0.2) is 0 Å². The number of nitrogens with one attached hydrogen (secondary N) is 1. The number of epoxide rings is 1. The number of carbonyl (C=O) groups is 1. The van der Waals surface area contributed by atoms with Gasteiger partial charge in [-0.25, -0.2) is 0 Å². The molecule has 162 valence electrons. The van der Waals surface area contributed by atoms with Crippen LogP contribution in [0.1, 0.15) is 63.4 Å². The molecule has 5 aliphatic rings. The lowest BCUT2D eigenvalue weighted by Gasteiger charge is -2.51. The highest BCUT2D eigenvalue weighted by Gasteiger charge is 2.65. The molecule has 5 fully saturated rings. The molecular formula is C25H35N2O3+. The first kappa shape index (κ1) is 19.2. The van der Waals surface area contributed by atoms with Crippen LogP contribution < -0.4 is 4.90 Å². The van der Waals surface area contributed by atoms with Gasteiger partial charge in [-0.1, -0.05) is 13.0 Å². The summed E-state index contributed by atoms with van der Waals surface area (Å²) in [5, 5.41) is 0. The normalized spacial score (nSPS) is 47.4. The van der Waals surface area contributed by atoms with E-state index in [1.165, 1.54) is 37.7 Å². The molecule has 5 nitrogen and oxygen atoms in total. The van der Waals surface area contributed by atoms with Crippen molar-refractivity contribution in [3.8, 4) is 0 Å². The molecular weight excluding hydrogens is 376 g/mol. The van der Waals surface area contributed by atoms with Gasteiger partial charge in [-0.2, -0.15) is 0 Å². The molecule has 2 saturated carbocycles. The Labute approximate surface area is 179 Å². The number of aromatic nitrogens is 1. The highest BCUT2D eigenvalue weighted by atomic mass is 16.6. The molecule has 0 bridgehead atoms. The second-order valence-electron chi connectivity index (χ2n) is 11.1. The maximum atomic E-state index is 12.9. The maximum absolute atomic E-state index is 12.9. The number of likely N-dealkylation sites (tertiary alicyclic amines) is 1. The first-order chi connectivity index (χ1) is 14.6. The molecule has 1 spiro atoms. The van der Waals surface area contributed by atoms with Gasteiger partial charge in [0.25, 0.3) is 0 Å². The first-order valence-corrected chi connectivity index (χ1v) is 12.1.